The van der Waals surface area contributed by atoms with Crippen LogP contribution in [-0.2, 0) is 19.0 Å². The molecule has 2 heterocycles. The highest BCUT2D eigenvalue weighted by atomic mass is 16.7. The third-order valence-corrected chi connectivity index (χ3v) is 5.31. The first-order valence-electron chi connectivity index (χ1n) is 8.87. The normalized spacial score (nSPS) is 34.3. The van der Waals surface area contributed by atoms with Gasteiger partial charge in [-0.3, -0.25) is 0 Å². The molecule has 2 aliphatic heterocycles. The smallest absolute Gasteiger partial charge is 0.334 e. The summed E-state index contributed by atoms with van der Waals surface area (Å²) >= 11 is 0. The highest BCUT2D eigenvalue weighted by Gasteiger charge is 2.51. The van der Waals surface area contributed by atoms with Crippen LogP contribution >= 0.6 is 0 Å². The van der Waals surface area contributed by atoms with Crippen LogP contribution in [0, 0.1) is 5.92 Å². The van der Waals surface area contributed by atoms with Crippen molar-refractivity contribution in [1.29, 1.82) is 0 Å². The van der Waals surface area contributed by atoms with Gasteiger partial charge in [0.15, 0.2) is 5.79 Å². The Kier molecular flexibility index (Phi) is 4.88. The molecule has 1 saturated carbocycles. The molecule has 124 valence electrons. The minimum absolute atomic E-state index is 0.0364. The molecule has 0 unspecified atom stereocenters. The molecule has 1 spiro atoms. The summed E-state index contributed by atoms with van der Waals surface area (Å²) in [5.41, 5.74) is 0.572. The molecule has 3 fully saturated rings. The van der Waals surface area contributed by atoms with Gasteiger partial charge in [0.1, 0.15) is 6.10 Å². The summed E-state index contributed by atoms with van der Waals surface area (Å²) in [5, 5.41) is 0. The average molecular weight is 308 g/mol. The van der Waals surface area contributed by atoms with E-state index in [-0.39, 0.29) is 24.1 Å². The second-order valence-corrected chi connectivity index (χ2v) is 6.93. The number of unbranched alkanes of at least 4 members (excludes halogenated alkanes) is 2. The number of esters is 1. The van der Waals surface area contributed by atoms with Crippen molar-refractivity contribution in [3.05, 3.63) is 12.2 Å². The molecule has 3 atom stereocenters. The Morgan fingerprint density at radius 2 is 2.00 bits per heavy atom. The molecule has 22 heavy (non-hydrogen) atoms. The van der Waals surface area contributed by atoms with E-state index < -0.39 is 5.79 Å². The first kappa shape index (κ1) is 16.0. The minimum atomic E-state index is -0.400. The van der Waals surface area contributed by atoms with Crippen LogP contribution in [0.1, 0.15) is 64.7 Å². The summed E-state index contributed by atoms with van der Waals surface area (Å²) in [4.78, 5) is 11.9. The Morgan fingerprint density at radius 3 is 2.73 bits per heavy atom. The fourth-order valence-corrected chi connectivity index (χ4v) is 4.05. The summed E-state index contributed by atoms with van der Waals surface area (Å²) in [6.45, 7) is 6.70. The van der Waals surface area contributed by atoms with Crippen molar-refractivity contribution in [3.63, 3.8) is 0 Å². The van der Waals surface area contributed by atoms with Crippen LogP contribution in [-0.4, -0.2) is 30.6 Å². The lowest BCUT2D eigenvalue weighted by Gasteiger charge is -2.32. The zero-order valence-electron chi connectivity index (χ0n) is 13.6. The van der Waals surface area contributed by atoms with E-state index in [0.29, 0.717) is 12.2 Å². The standard InChI is InChI=1S/C18H28O4/c1-3-4-6-9-14-16(13(2)17(19)21-14)15-12-20-18(22-15)10-7-5-8-11-18/h14-16H,2-12H2,1H3/t14-,15+,16+/m0/s1. The fraction of sp³-hybridized carbons (Fsp3) is 0.833. The van der Waals surface area contributed by atoms with Crippen molar-refractivity contribution in [2.24, 2.45) is 5.92 Å². The van der Waals surface area contributed by atoms with Gasteiger partial charge >= 0.3 is 5.97 Å². The number of cyclic esters (lactones) is 1. The van der Waals surface area contributed by atoms with Crippen molar-refractivity contribution in [1.82, 2.24) is 0 Å². The number of carbonyl (C=O) groups is 1. The van der Waals surface area contributed by atoms with Gasteiger partial charge < -0.3 is 14.2 Å². The second kappa shape index (κ2) is 6.71. The Morgan fingerprint density at radius 1 is 1.23 bits per heavy atom. The van der Waals surface area contributed by atoms with Crippen molar-refractivity contribution in [3.8, 4) is 0 Å². The van der Waals surface area contributed by atoms with Gasteiger partial charge in [0.25, 0.3) is 0 Å². The number of hydrogen-bond donors (Lipinski definition) is 0. The van der Waals surface area contributed by atoms with E-state index in [9.17, 15) is 4.79 Å². The molecule has 0 bridgehead atoms. The second-order valence-electron chi connectivity index (χ2n) is 6.93. The van der Waals surface area contributed by atoms with Crippen LogP contribution in [0.5, 0.6) is 0 Å². The molecule has 3 rings (SSSR count). The van der Waals surface area contributed by atoms with Gasteiger partial charge in [-0.05, 0) is 25.7 Å². The number of carbonyl (C=O) groups excluding carboxylic acids is 1. The van der Waals surface area contributed by atoms with Gasteiger partial charge in [-0.25, -0.2) is 4.79 Å². The van der Waals surface area contributed by atoms with Gasteiger partial charge in [-0.15, -0.1) is 0 Å². The molecule has 0 aromatic heterocycles. The molecule has 4 nitrogen and oxygen atoms in total. The SMILES string of the molecule is C=C1C(=O)O[C@@H](CCCCC)[C@@H]1[C@H]1COC2(CCCCC2)O1. The maximum atomic E-state index is 11.9. The van der Waals surface area contributed by atoms with Crippen LogP contribution in [0.3, 0.4) is 0 Å². The quantitative estimate of drug-likeness (QED) is 0.441. The van der Waals surface area contributed by atoms with Crippen molar-refractivity contribution in [2.45, 2.75) is 82.7 Å². The average Bonchev–Trinajstić information content (AvgIpc) is 3.03. The zero-order chi connectivity index (χ0) is 15.6. The van der Waals surface area contributed by atoms with Gasteiger partial charge in [-0.2, -0.15) is 0 Å². The summed E-state index contributed by atoms with van der Waals surface area (Å²) in [6, 6.07) is 0. The lowest BCUT2D eigenvalue weighted by atomic mass is 9.88. The zero-order valence-corrected chi connectivity index (χ0v) is 13.6. The molecule has 0 aromatic carbocycles. The largest absolute Gasteiger partial charge is 0.458 e. The van der Waals surface area contributed by atoms with Crippen LogP contribution in [0.25, 0.3) is 0 Å². The lowest BCUT2D eigenvalue weighted by Crippen LogP contribution is -2.36. The molecule has 0 aromatic rings. The molecule has 4 heteroatoms. The number of hydrogen-bond acceptors (Lipinski definition) is 4. The molecule has 0 N–H and O–H groups in total. The third kappa shape index (κ3) is 3.09. The molecular formula is C18H28O4. The minimum Gasteiger partial charge on any atom is -0.458 e. The van der Waals surface area contributed by atoms with Gasteiger partial charge in [0.05, 0.1) is 18.6 Å². The molecule has 2 saturated heterocycles. The van der Waals surface area contributed by atoms with Gasteiger partial charge in [0, 0.05) is 18.4 Å². The fourth-order valence-electron chi connectivity index (χ4n) is 4.05. The van der Waals surface area contributed by atoms with E-state index in [1.165, 1.54) is 19.3 Å². The summed E-state index contributed by atoms with van der Waals surface area (Å²) in [5.74, 6) is -0.687. The molecular weight excluding hydrogens is 280 g/mol. The van der Waals surface area contributed by atoms with Gasteiger partial charge in [-0.1, -0.05) is 32.8 Å². The lowest BCUT2D eigenvalue weighted by molar-refractivity contribution is -0.192. The first-order chi connectivity index (χ1) is 10.7. The van der Waals surface area contributed by atoms with E-state index >= 15 is 0 Å². The maximum Gasteiger partial charge on any atom is 0.334 e. The monoisotopic (exact) mass is 308 g/mol. The van der Waals surface area contributed by atoms with Crippen LogP contribution in [0.15, 0.2) is 12.2 Å². The summed E-state index contributed by atoms with van der Waals surface area (Å²) in [7, 11) is 0. The van der Waals surface area contributed by atoms with E-state index in [2.05, 4.69) is 13.5 Å². The summed E-state index contributed by atoms with van der Waals surface area (Å²) < 4.78 is 17.9. The van der Waals surface area contributed by atoms with Gasteiger partial charge in [0.2, 0.25) is 0 Å². The van der Waals surface area contributed by atoms with Crippen molar-refractivity contribution < 1.29 is 19.0 Å². The van der Waals surface area contributed by atoms with Crippen LogP contribution in [0.4, 0.5) is 0 Å². The van der Waals surface area contributed by atoms with Crippen molar-refractivity contribution in [2.75, 3.05) is 6.61 Å². The molecule has 0 amide bonds. The number of rotatable bonds is 5. The predicted octanol–water partition coefficient (Wildman–Crippen LogP) is 3.74. The topological polar surface area (TPSA) is 44.8 Å². The Bertz CT molecular complexity index is 425. The Hall–Kier alpha value is -0.870. The highest BCUT2D eigenvalue weighted by Crippen LogP contribution is 2.43. The Balaban J connectivity index is 1.65. The number of ether oxygens (including phenoxy) is 3. The Labute approximate surface area is 133 Å². The first-order valence-corrected chi connectivity index (χ1v) is 8.87. The van der Waals surface area contributed by atoms with Crippen molar-refractivity contribution >= 4 is 5.97 Å². The van der Waals surface area contributed by atoms with E-state index in [0.717, 1.165) is 38.5 Å². The molecule has 3 aliphatic rings. The van der Waals surface area contributed by atoms with E-state index in [4.69, 9.17) is 14.2 Å². The maximum absolute atomic E-state index is 11.9. The molecule has 0 radical (unpaired) electrons. The van der Waals surface area contributed by atoms with E-state index in [1.54, 1.807) is 0 Å². The van der Waals surface area contributed by atoms with Crippen LogP contribution < -0.4 is 0 Å². The summed E-state index contributed by atoms with van der Waals surface area (Å²) in [6.07, 6.45) is 9.67. The third-order valence-electron chi connectivity index (χ3n) is 5.31. The predicted molar refractivity (Wildman–Crippen MR) is 83.3 cm³/mol. The van der Waals surface area contributed by atoms with E-state index in [1.807, 2.05) is 0 Å². The molecule has 1 aliphatic carbocycles. The highest BCUT2D eigenvalue weighted by molar-refractivity contribution is 5.91. The van der Waals surface area contributed by atoms with Crippen LogP contribution in [0.2, 0.25) is 0 Å².